The van der Waals surface area contributed by atoms with Gasteiger partial charge in [-0.15, -0.1) is 0 Å². The Morgan fingerprint density at radius 3 is 2.61 bits per heavy atom. The van der Waals surface area contributed by atoms with Crippen LogP contribution in [0.5, 0.6) is 0 Å². The van der Waals surface area contributed by atoms with Gasteiger partial charge in [0.15, 0.2) is 0 Å². The van der Waals surface area contributed by atoms with E-state index >= 15 is 0 Å². The van der Waals surface area contributed by atoms with Crippen LogP contribution in [0.3, 0.4) is 0 Å². The minimum absolute atomic E-state index is 0.122. The van der Waals surface area contributed by atoms with Crippen molar-refractivity contribution in [3.8, 4) is 0 Å². The minimum atomic E-state index is -0.221. The zero-order valence-electron chi connectivity index (χ0n) is 13.0. The summed E-state index contributed by atoms with van der Waals surface area (Å²) in [4.78, 5) is 21.1. The molecule has 5 nitrogen and oxygen atoms in total. The average molecular weight is 311 g/mol. The smallest absolute Gasteiger partial charge is 0.274 e. The maximum absolute atomic E-state index is 12.4. The maximum Gasteiger partial charge on any atom is 0.274 e. The van der Waals surface area contributed by atoms with E-state index in [1.165, 1.54) is 12.8 Å². The van der Waals surface area contributed by atoms with Crippen molar-refractivity contribution in [1.82, 2.24) is 9.97 Å². The lowest BCUT2D eigenvalue weighted by Crippen LogP contribution is -2.15. The molecule has 120 valence electrons. The largest absolute Gasteiger partial charge is 0.396 e. The monoisotopic (exact) mass is 311 g/mol. The lowest BCUT2D eigenvalue weighted by Gasteiger charge is -2.09. The minimum Gasteiger partial charge on any atom is -0.396 e. The van der Waals surface area contributed by atoms with Gasteiger partial charge in [-0.25, -0.2) is 9.97 Å². The number of aliphatic hydroxyl groups excluding tert-OH is 1. The maximum atomic E-state index is 12.4. The van der Waals surface area contributed by atoms with Crippen LogP contribution in [-0.2, 0) is 6.42 Å². The third kappa shape index (κ3) is 3.93. The molecule has 1 amide bonds. The number of nitrogens with zero attached hydrogens (tertiary/aromatic N) is 2. The van der Waals surface area contributed by atoms with E-state index in [9.17, 15) is 4.79 Å². The number of hydrogen-bond acceptors (Lipinski definition) is 4. The zero-order chi connectivity index (χ0) is 16.1. The highest BCUT2D eigenvalue weighted by Crippen LogP contribution is 2.31. The van der Waals surface area contributed by atoms with Crippen molar-refractivity contribution >= 4 is 11.6 Å². The molecule has 2 aromatic rings. The molecular formula is C18H21N3O2. The summed E-state index contributed by atoms with van der Waals surface area (Å²) in [5, 5.41) is 11.8. The normalized spacial score (nSPS) is 14.8. The number of carbonyl (C=O) groups excluding carboxylic acids is 1. The molecule has 1 aromatic heterocycles. The van der Waals surface area contributed by atoms with Gasteiger partial charge in [-0.3, -0.25) is 4.79 Å². The van der Waals surface area contributed by atoms with Crippen LogP contribution in [0, 0.1) is 0 Å². The lowest BCUT2D eigenvalue weighted by molar-refractivity contribution is 0.102. The Morgan fingerprint density at radius 1 is 1.17 bits per heavy atom. The average Bonchev–Trinajstić information content (AvgIpc) is 3.12. The first kappa shape index (κ1) is 15.6. The van der Waals surface area contributed by atoms with Crippen molar-refractivity contribution < 1.29 is 9.90 Å². The molecular weight excluding hydrogens is 290 g/mol. The predicted octanol–water partition coefficient (Wildman–Crippen LogP) is 2.92. The molecule has 0 atom stereocenters. The predicted molar refractivity (Wildman–Crippen MR) is 88.4 cm³/mol. The van der Waals surface area contributed by atoms with Gasteiger partial charge in [0, 0.05) is 24.4 Å². The van der Waals surface area contributed by atoms with Crippen LogP contribution >= 0.6 is 0 Å². The first-order valence-electron chi connectivity index (χ1n) is 8.10. The van der Waals surface area contributed by atoms with E-state index in [1.807, 2.05) is 24.3 Å². The second-order valence-corrected chi connectivity index (χ2v) is 5.91. The van der Waals surface area contributed by atoms with Crippen LogP contribution in [-0.4, -0.2) is 27.6 Å². The molecule has 1 saturated carbocycles. The number of amides is 1. The number of aliphatic hydroxyl groups is 1. The number of hydrogen-bond donors (Lipinski definition) is 2. The molecule has 23 heavy (non-hydrogen) atoms. The number of anilines is 1. The molecule has 0 unspecified atom stereocenters. The molecule has 2 N–H and O–H groups in total. The molecule has 0 bridgehead atoms. The Kier molecular flexibility index (Phi) is 4.98. The number of rotatable bonds is 5. The van der Waals surface area contributed by atoms with Gasteiger partial charge in [-0.05, 0) is 43.0 Å². The summed E-state index contributed by atoms with van der Waals surface area (Å²) in [6.45, 7) is 0.122. The van der Waals surface area contributed by atoms with Crippen molar-refractivity contribution in [1.29, 1.82) is 0 Å². The fourth-order valence-electron chi connectivity index (χ4n) is 2.96. The number of aromatic nitrogens is 2. The van der Waals surface area contributed by atoms with E-state index in [1.54, 1.807) is 12.3 Å². The first-order valence-corrected chi connectivity index (χ1v) is 8.10. The summed E-state index contributed by atoms with van der Waals surface area (Å²) in [5.41, 5.74) is 2.16. The molecule has 1 heterocycles. The summed E-state index contributed by atoms with van der Waals surface area (Å²) in [6, 6.07) is 9.11. The second kappa shape index (κ2) is 7.33. The number of benzene rings is 1. The third-order valence-corrected chi connectivity index (χ3v) is 4.24. The van der Waals surface area contributed by atoms with Crippen LogP contribution in [0.2, 0.25) is 0 Å². The van der Waals surface area contributed by atoms with Gasteiger partial charge in [0.2, 0.25) is 0 Å². The number of nitrogens with one attached hydrogen (secondary N) is 1. The molecule has 1 aromatic carbocycles. The van der Waals surface area contributed by atoms with Crippen molar-refractivity contribution in [2.45, 2.75) is 38.0 Å². The first-order chi connectivity index (χ1) is 11.3. The van der Waals surface area contributed by atoms with Crippen molar-refractivity contribution in [3.63, 3.8) is 0 Å². The Labute approximate surface area is 135 Å². The fraction of sp³-hybridized carbons (Fsp3) is 0.389. The Hall–Kier alpha value is -2.27. The fourth-order valence-corrected chi connectivity index (χ4v) is 2.96. The van der Waals surface area contributed by atoms with Crippen LogP contribution in [0.1, 0.15) is 53.5 Å². The van der Waals surface area contributed by atoms with E-state index < -0.39 is 0 Å². The lowest BCUT2D eigenvalue weighted by atomic mass is 10.1. The van der Waals surface area contributed by atoms with Crippen LogP contribution in [0.15, 0.2) is 36.5 Å². The summed E-state index contributed by atoms with van der Waals surface area (Å²) >= 11 is 0. The van der Waals surface area contributed by atoms with Gasteiger partial charge in [-0.1, -0.05) is 25.0 Å². The molecule has 0 radical (unpaired) electrons. The summed E-state index contributed by atoms with van der Waals surface area (Å²) in [7, 11) is 0. The van der Waals surface area contributed by atoms with E-state index in [-0.39, 0.29) is 12.5 Å². The molecule has 1 aliphatic carbocycles. The molecule has 0 spiro atoms. The SMILES string of the molecule is O=C(Nc1ccc(CCO)cc1)c1ccnc(C2CCCC2)n1. The van der Waals surface area contributed by atoms with Gasteiger partial charge in [-0.2, -0.15) is 0 Å². The van der Waals surface area contributed by atoms with Crippen LogP contribution < -0.4 is 5.32 Å². The quantitative estimate of drug-likeness (QED) is 0.890. The van der Waals surface area contributed by atoms with Crippen molar-refractivity contribution in [2.75, 3.05) is 11.9 Å². The van der Waals surface area contributed by atoms with Gasteiger partial charge in [0.05, 0.1) is 0 Å². The Bertz CT molecular complexity index is 664. The number of carbonyl (C=O) groups is 1. The van der Waals surface area contributed by atoms with Crippen LogP contribution in [0.25, 0.3) is 0 Å². The molecule has 0 aliphatic heterocycles. The molecule has 1 aliphatic rings. The van der Waals surface area contributed by atoms with Gasteiger partial charge < -0.3 is 10.4 Å². The molecule has 3 rings (SSSR count). The van der Waals surface area contributed by atoms with Crippen LogP contribution in [0.4, 0.5) is 5.69 Å². The summed E-state index contributed by atoms with van der Waals surface area (Å²) < 4.78 is 0. The Morgan fingerprint density at radius 2 is 1.91 bits per heavy atom. The summed E-state index contributed by atoms with van der Waals surface area (Å²) in [6.07, 6.45) is 6.93. The Balaban J connectivity index is 1.69. The van der Waals surface area contributed by atoms with Crippen molar-refractivity contribution in [3.05, 3.63) is 53.6 Å². The standard InChI is InChI=1S/C18H21N3O2/c22-12-10-13-5-7-15(8-6-13)20-18(23)16-9-11-19-17(21-16)14-3-1-2-4-14/h5-9,11,14,22H,1-4,10,12H2,(H,20,23). The van der Waals surface area contributed by atoms with E-state index in [0.717, 1.165) is 29.9 Å². The molecule has 5 heteroatoms. The van der Waals surface area contributed by atoms with E-state index in [2.05, 4.69) is 15.3 Å². The third-order valence-electron chi connectivity index (χ3n) is 4.24. The van der Waals surface area contributed by atoms with Crippen molar-refractivity contribution in [2.24, 2.45) is 0 Å². The van der Waals surface area contributed by atoms with E-state index in [0.29, 0.717) is 18.0 Å². The second-order valence-electron chi connectivity index (χ2n) is 5.91. The van der Waals surface area contributed by atoms with Gasteiger partial charge in [0.1, 0.15) is 11.5 Å². The molecule has 0 saturated heterocycles. The van der Waals surface area contributed by atoms with Gasteiger partial charge >= 0.3 is 0 Å². The molecule has 1 fully saturated rings. The topological polar surface area (TPSA) is 75.1 Å². The zero-order valence-corrected chi connectivity index (χ0v) is 13.0. The highest BCUT2D eigenvalue weighted by atomic mass is 16.3. The van der Waals surface area contributed by atoms with Gasteiger partial charge in [0.25, 0.3) is 5.91 Å². The van der Waals surface area contributed by atoms with E-state index in [4.69, 9.17) is 5.11 Å². The highest BCUT2D eigenvalue weighted by Gasteiger charge is 2.20. The summed E-state index contributed by atoms with van der Waals surface area (Å²) in [5.74, 6) is 0.954. The highest BCUT2D eigenvalue weighted by molar-refractivity contribution is 6.02.